The van der Waals surface area contributed by atoms with E-state index < -0.39 is 27.4 Å². The highest BCUT2D eigenvalue weighted by molar-refractivity contribution is 14.1. The minimum atomic E-state index is -3.31. The summed E-state index contributed by atoms with van der Waals surface area (Å²) < 4.78 is 60.9. The molecule has 35 heavy (non-hydrogen) atoms. The molecule has 9 heteroatoms. The number of amides is 1. The van der Waals surface area contributed by atoms with Gasteiger partial charge in [0.15, 0.2) is 9.84 Å². The van der Waals surface area contributed by atoms with Crippen molar-refractivity contribution in [1.82, 2.24) is 0 Å². The van der Waals surface area contributed by atoms with Crippen LogP contribution in [0.15, 0.2) is 54.6 Å². The molecule has 0 unspecified atom stereocenters. The average Bonchev–Trinajstić information content (AvgIpc) is 3.31. The molecule has 4 rings (SSSR count). The van der Waals surface area contributed by atoms with Crippen molar-refractivity contribution in [2.75, 3.05) is 0 Å². The highest BCUT2D eigenvalue weighted by atomic mass is 127. The van der Waals surface area contributed by atoms with Crippen molar-refractivity contribution in [2.24, 2.45) is 5.73 Å². The van der Waals surface area contributed by atoms with Crippen LogP contribution in [0.4, 0.5) is 8.78 Å². The van der Waals surface area contributed by atoms with Crippen LogP contribution in [0.2, 0.25) is 0 Å². The molecule has 0 aliphatic heterocycles. The van der Waals surface area contributed by atoms with Crippen molar-refractivity contribution >= 4 is 38.3 Å². The molecular formula is C26H24F2INO4S. The Labute approximate surface area is 216 Å². The van der Waals surface area contributed by atoms with Gasteiger partial charge in [0, 0.05) is 16.1 Å². The first-order chi connectivity index (χ1) is 16.6. The monoisotopic (exact) mass is 611 g/mol. The smallest absolute Gasteiger partial charge is 0.252 e. The maximum Gasteiger partial charge on any atom is 0.252 e. The van der Waals surface area contributed by atoms with Crippen LogP contribution in [-0.4, -0.2) is 19.6 Å². The summed E-state index contributed by atoms with van der Waals surface area (Å²) in [5.74, 6) is -2.00. The van der Waals surface area contributed by atoms with E-state index in [9.17, 15) is 22.0 Å². The number of halogens is 3. The summed E-state index contributed by atoms with van der Waals surface area (Å²) >= 11 is 1.98. The van der Waals surface area contributed by atoms with Gasteiger partial charge in [-0.1, -0.05) is 31.0 Å². The van der Waals surface area contributed by atoms with Crippen LogP contribution in [0.5, 0.6) is 11.5 Å². The van der Waals surface area contributed by atoms with E-state index in [1.807, 2.05) is 22.6 Å². The van der Waals surface area contributed by atoms with E-state index in [-0.39, 0.29) is 45.6 Å². The number of benzene rings is 3. The maximum atomic E-state index is 14.5. The summed E-state index contributed by atoms with van der Waals surface area (Å²) in [6.07, 6.45) is 3.12. The Kier molecular flexibility index (Phi) is 7.75. The fourth-order valence-electron chi connectivity index (χ4n) is 4.43. The Morgan fingerprint density at radius 3 is 2.46 bits per heavy atom. The SMILES string of the molecule is NC(=O)c1c(Cc2ccc(I)cc2F)cc(F)cc1Oc1cccc(CS(=O)(=O)C2CCCC2)c1. The van der Waals surface area contributed by atoms with E-state index in [1.54, 1.807) is 36.4 Å². The normalized spacial score (nSPS) is 14.3. The van der Waals surface area contributed by atoms with Crippen molar-refractivity contribution in [1.29, 1.82) is 0 Å². The van der Waals surface area contributed by atoms with Gasteiger partial charge in [-0.3, -0.25) is 4.79 Å². The van der Waals surface area contributed by atoms with Crippen LogP contribution in [0.3, 0.4) is 0 Å². The lowest BCUT2D eigenvalue weighted by Crippen LogP contribution is -2.19. The van der Waals surface area contributed by atoms with Crippen LogP contribution in [0.25, 0.3) is 0 Å². The third-order valence-corrected chi connectivity index (χ3v) is 8.99. The Bertz CT molecular complexity index is 1370. The predicted octanol–water partition coefficient (Wildman–Crippen LogP) is 5.91. The molecule has 0 spiro atoms. The van der Waals surface area contributed by atoms with Gasteiger partial charge < -0.3 is 10.5 Å². The molecule has 2 N–H and O–H groups in total. The zero-order valence-electron chi connectivity index (χ0n) is 18.8. The number of primary amides is 1. The van der Waals surface area contributed by atoms with Crippen LogP contribution in [-0.2, 0) is 22.0 Å². The number of sulfone groups is 1. The molecule has 0 radical (unpaired) electrons. The molecule has 0 aromatic heterocycles. The van der Waals surface area contributed by atoms with Crippen molar-refractivity contribution in [3.63, 3.8) is 0 Å². The third kappa shape index (κ3) is 6.19. The summed E-state index contributed by atoms with van der Waals surface area (Å²) in [6.45, 7) is 0. The van der Waals surface area contributed by atoms with E-state index in [2.05, 4.69) is 0 Å². The molecule has 1 aliphatic rings. The number of rotatable bonds is 8. The molecule has 0 bridgehead atoms. The van der Waals surface area contributed by atoms with Crippen molar-refractivity contribution in [2.45, 2.75) is 43.1 Å². The second-order valence-electron chi connectivity index (χ2n) is 8.68. The molecule has 1 saturated carbocycles. The molecule has 0 saturated heterocycles. The minimum absolute atomic E-state index is 0.0607. The number of nitrogens with two attached hydrogens (primary N) is 1. The topological polar surface area (TPSA) is 86.5 Å². The molecule has 1 amide bonds. The van der Waals surface area contributed by atoms with E-state index in [4.69, 9.17) is 10.5 Å². The molecule has 0 heterocycles. The van der Waals surface area contributed by atoms with Gasteiger partial charge in [0.2, 0.25) is 0 Å². The molecule has 0 atom stereocenters. The first-order valence-corrected chi connectivity index (χ1v) is 14.0. The number of hydrogen-bond acceptors (Lipinski definition) is 4. The largest absolute Gasteiger partial charge is 0.456 e. The van der Waals surface area contributed by atoms with Crippen molar-refractivity contribution < 1.29 is 26.7 Å². The first-order valence-electron chi connectivity index (χ1n) is 11.2. The van der Waals surface area contributed by atoms with E-state index in [0.717, 1.165) is 25.0 Å². The summed E-state index contributed by atoms with van der Waals surface area (Å²) in [7, 11) is -3.31. The zero-order valence-corrected chi connectivity index (χ0v) is 21.7. The van der Waals surface area contributed by atoms with Gasteiger partial charge in [-0.2, -0.15) is 0 Å². The molecule has 1 fully saturated rings. The molecule has 5 nitrogen and oxygen atoms in total. The number of carbonyl (C=O) groups excluding carboxylic acids is 1. The summed E-state index contributed by atoms with van der Waals surface area (Å²) in [5, 5.41) is -0.332. The Hall–Kier alpha value is -2.53. The van der Waals surface area contributed by atoms with E-state index in [1.165, 1.54) is 6.07 Å². The van der Waals surface area contributed by atoms with Crippen LogP contribution in [0.1, 0.15) is 52.7 Å². The van der Waals surface area contributed by atoms with Crippen molar-refractivity contribution in [3.05, 3.63) is 92.1 Å². The maximum absolute atomic E-state index is 14.5. The van der Waals surface area contributed by atoms with Crippen molar-refractivity contribution in [3.8, 4) is 11.5 Å². The number of carbonyl (C=O) groups is 1. The Morgan fingerprint density at radius 2 is 1.77 bits per heavy atom. The number of ether oxygens (including phenoxy) is 1. The van der Waals surface area contributed by atoms with Gasteiger partial charge in [0.1, 0.15) is 23.1 Å². The molecule has 1 aliphatic carbocycles. The molecule has 3 aromatic rings. The van der Waals surface area contributed by atoms with Gasteiger partial charge in [-0.25, -0.2) is 17.2 Å². The second-order valence-corrected chi connectivity index (χ2v) is 12.2. The van der Waals surface area contributed by atoms with Crippen LogP contribution >= 0.6 is 22.6 Å². The van der Waals surface area contributed by atoms with Crippen LogP contribution < -0.4 is 10.5 Å². The lowest BCUT2D eigenvalue weighted by atomic mass is 9.98. The fraction of sp³-hybridized carbons (Fsp3) is 0.269. The third-order valence-electron chi connectivity index (χ3n) is 6.10. The van der Waals surface area contributed by atoms with Gasteiger partial charge >= 0.3 is 0 Å². The van der Waals surface area contributed by atoms with Crippen LogP contribution in [0, 0.1) is 15.2 Å². The molecule has 184 valence electrons. The molecular weight excluding hydrogens is 587 g/mol. The Balaban J connectivity index is 1.64. The lowest BCUT2D eigenvalue weighted by Gasteiger charge is -2.15. The lowest BCUT2D eigenvalue weighted by molar-refractivity contribution is 0.0997. The Morgan fingerprint density at radius 1 is 1.03 bits per heavy atom. The number of hydrogen-bond donors (Lipinski definition) is 1. The van der Waals surface area contributed by atoms with E-state index >= 15 is 0 Å². The summed E-state index contributed by atoms with van der Waals surface area (Å²) in [4.78, 5) is 12.3. The van der Waals surface area contributed by atoms with E-state index in [0.29, 0.717) is 22.0 Å². The zero-order chi connectivity index (χ0) is 25.2. The van der Waals surface area contributed by atoms with Gasteiger partial charge in [-0.15, -0.1) is 0 Å². The summed E-state index contributed by atoms with van der Waals surface area (Å²) in [5.41, 5.74) is 6.54. The highest BCUT2D eigenvalue weighted by Gasteiger charge is 2.29. The first kappa shape index (κ1) is 25.6. The second kappa shape index (κ2) is 10.6. The molecule has 3 aromatic carbocycles. The predicted molar refractivity (Wildman–Crippen MR) is 138 cm³/mol. The fourth-order valence-corrected chi connectivity index (χ4v) is 6.81. The van der Waals surface area contributed by atoms with Gasteiger partial charge in [-0.05, 0) is 82.5 Å². The average molecular weight is 611 g/mol. The quantitative estimate of drug-likeness (QED) is 0.321. The highest BCUT2D eigenvalue weighted by Crippen LogP contribution is 2.32. The summed E-state index contributed by atoms with van der Waals surface area (Å²) in [6, 6.07) is 13.3. The minimum Gasteiger partial charge on any atom is -0.456 e. The van der Waals surface area contributed by atoms with Gasteiger partial charge in [0.05, 0.1) is 16.6 Å². The standard InChI is InChI=1S/C26H24F2INO4S/c27-19-12-18(11-17-8-9-20(29)14-23(17)28)25(26(30)31)24(13-19)34-21-5-3-4-16(10-21)15-35(32,33)22-6-1-2-7-22/h3-5,8-10,12-14,22H,1-2,6-7,11,15H2,(H2,30,31). The van der Waals surface area contributed by atoms with Gasteiger partial charge in [0.25, 0.3) is 5.91 Å².